The Labute approximate surface area is 203 Å². The summed E-state index contributed by atoms with van der Waals surface area (Å²) in [5.41, 5.74) is 1.98. The first-order valence-electron chi connectivity index (χ1n) is 11.5. The first-order chi connectivity index (χ1) is 16.8. The molecule has 0 radical (unpaired) electrons. The molecule has 7 heteroatoms. The van der Waals surface area contributed by atoms with Gasteiger partial charge in [0.05, 0.1) is 12.7 Å². The number of amides is 1. The van der Waals surface area contributed by atoms with E-state index in [1.165, 1.54) is 26.2 Å². The van der Waals surface area contributed by atoms with Crippen molar-refractivity contribution >= 4 is 12.1 Å². The maximum atomic E-state index is 15.0. The summed E-state index contributed by atoms with van der Waals surface area (Å²) in [7, 11) is 1.33. The number of aliphatic carboxylic acids is 1. The van der Waals surface area contributed by atoms with Crippen LogP contribution in [0.3, 0.4) is 0 Å². The Hall–Kier alpha value is -3.87. The number of halogens is 1. The summed E-state index contributed by atoms with van der Waals surface area (Å²) >= 11 is 0. The van der Waals surface area contributed by atoms with Crippen molar-refractivity contribution in [2.75, 3.05) is 20.3 Å². The summed E-state index contributed by atoms with van der Waals surface area (Å²) in [5, 5.41) is 10.2. The zero-order valence-corrected chi connectivity index (χ0v) is 20.0. The highest BCUT2D eigenvalue weighted by Crippen LogP contribution is 2.45. The van der Waals surface area contributed by atoms with Crippen LogP contribution < -0.4 is 4.74 Å². The van der Waals surface area contributed by atoms with Crippen molar-refractivity contribution in [1.82, 2.24) is 4.90 Å². The molecule has 0 saturated carbocycles. The first kappa shape index (κ1) is 24.3. The van der Waals surface area contributed by atoms with Gasteiger partial charge in [-0.1, -0.05) is 61.5 Å². The lowest BCUT2D eigenvalue weighted by Gasteiger charge is -2.38. The van der Waals surface area contributed by atoms with Crippen LogP contribution in [0.2, 0.25) is 0 Å². The molecule has 3 aromatic carbocycles. The van der Waals surface area contributed by atoms with Crippen molar-refractivity contribution in [2.45, 2.75) is 31.7 Å². The lowest BCUT2D eigenvalue weighted by molar-refractivity contribution is -0.150. The zero-order valence-electron chi connectivity index (χ0n) is 20.0. The van der Waals surface area contributed by atoms with Crippen LogP contribution in [0.25, 0.3) is 11.1 Å². The lowest BCUT2D eigenvalue weighted by atomic mass is 9.88. The predicted molar refractivity (Wildman–Crippen MR) is 130 cm³/mol. The van der Waals surface area contributed by atoms with Gasteiger partial charge in [-0.05, 0) is 47.7 Å². The standard InChI is InChI=1S/C28H28FNO5/c1-4-16-30(28(2,26(31)32)25-23(29)14-9-15-24(25)34-3)27(33)35-17-22-20-12-7-5-10-18(20)19-11-6-8-13-21(19)22/h5-15,22H,4,16-17H2,1-3H3,(H,31,32). The third kappa shape index (κ3) is 4.11. The van der Waals surface area contributed by atoms with Crippen molar-refractivity contribution in [3.63, 3.8) is 0 Å². The van der Waals surface area contributed by atoms with E-state index in [-0.39, 0.29) is 30.4 Å². The van der Waals surface area contributed by atoms with Gasteiger partial charge in [-0.2, -0.15) is 0 Å². The van der Waals surface area contributed by atoms with Gasteiger partial charge in [0, 0.05) is 12.5 Å². The number of carboxylic acid groups (broad SMARTS) is 1. The highest BCUT2D eigenvalue weighted by molar-refractivity contribution is 5.87. The van der Waals surface area contributed by atoms with Gasteiger partial charge in [-0.25, -0.2) is 14.0 Å². The second kappa shape index (κ2) is 9.78. The molecule has 0 fully saturated rings. The van der Waals surface area contributed by atoms with E-state index in [9.17, 15) is 19.1 Å². The molecule has 1 N–H and O–H groups in total. The molecular formula is C28H28FNO5. The van der Waals surface area contributed by atoms with Crippen molar-refractivity contribution in [3.05, 3.63) is 89.2 Å². The van der Waals surface area contributed by atoms with E-state index in [0.717, 1.165) is 33.2 Å². The van der Waals surface area contributed by atoms with E-state index in [4.69, 9.17) is 9.47 Å². The fraction of sp³-hybridized carbons (Fsp3) is 0.286. The highest BCUT2D eigenvalue weighted by atomic mass is 19.1. The average molecular weight is 478 g/mol. The second-order valence-electron chi connectivity index (χ2n) is 8.65. The number of nitrogens with zero attached hydrogens (tertiary/aromatic N) is 1. The Bertz CT molecular complexity index is 1210. The summed E-state index contributed by atoms with van der Waals surface area (Å²) in [6, 6.07) is 19.9. The van der Waals surface area contributed by atoms with Crippen LogP contribution in [0.15, 0.2) is 66.7 Å². The number of benzene rings is 3. The van der Waals surface area contributed by atoms with Gasteiger partial charge in [-0.15, -0.1) is 0 Å². The summed E-state index contributed by atoms with van der Waals surface area (Å²) < 4.78 is 26.0. The predicted octanol–water partition coefficient (Wildman–Crippen LogP) is 5.80. The largest absolute Gasteiger partial charge is 0.496 e. The number of rotatable bonds is 8. The Morgan fingerprint density at radius 3 is 2.14 bits per heavy atom. The van der Waals surface area contributed by atoms with E-state index in [2.05, 4.69) is 0 Å². The molecule has 0 heterocycles. The quantitative estimate of drug-likeness (QED) is 0.444. The molecule has 182 valence electrons. The average Bonchev–Trinajstić information content (AvgIpc) is 3.18. The molecular weight excluding hydrogens is 449 g/mol. The number of methoxy groups -OCH3 is 1. The minimum absolute atomic E-state index is 0.0250. The molecule has 1 aliphatic carbocycles. The molecule has 0 spiro atoms. The van der Waals surface area contributed by atoms with Gasteiger partial charge < -0.3 is 14.6 Å². The number of carbonyl (C=O) groups excluding carboxylic acids is 1. The molecule has 1 atom stereocenters. The fourth-order valence-corrected chi connectivity index (χ4v) is 4.90. The second-order valence-corrected chi connectivity index (χ2v) is 8.65. The molecule has 0 saturated heterocycles. The molecule has 4 rings (SSSR count). The van der Waals surface area contributed by atoms with E-state index < -0.39 is 23.4 Å². The summed E-state index contributed by atoms with van der Waals surface area (Å²) in [6.45, 7) is 3.19. The molecule has 1 amide bonds. The number of carbonyl (C=O) groups is 2. The maximum absolute atomic E-state index is 15.0. The fourth-order valence-electron chi connectivity index (χ4n) is 4.90. The van der Waals surface area contributed by atoms with Crippen LogP contribution in [0.5, 0.6) is 5.75 Å². The van der Waals surface area contributed by atoms with Gasteiger partial charge in [0.2, 0.25) is 0 Å². The van der Waals surface area contributed by atoms with Crippen molar-refractivity contribution in [2.24, 2.45) is 0 Å². The number of hydrogen-bond acceptors (Lipinski definition) is 4. The summed E-state index contributed by atoms with van der Waals surface area (Å²) in [6.07, 6.45) is -0.381. The van der Waals surface area contributed by atoms with Gasteiger partial charge >= 0.3 is 12.1 Å². The highest BCUT2D eigenvalue weighted by Gasteiger charge is 2.48. The van der Waals surface area contributed by atoms with Gasteiger partial charge in [0.15, 0.2) is 5.54 Å². The molecule has 0 bridgehead atoms. The Balaban J connectivity index is 1.67. The summed E-state index contributed by atoms with van der Waals surface area (Å²) in [5.74, 6) is -2.30. The minimum Gasteiger partial charge on any atom is -0.496 e. The third-order valence-electron chi connectivity index (χ3n) is 6.64. The SMILES string of the molecule is CCCN(C(=O)OCC1c2ccccc2-c2ccccc21)C(C)(C(=O)O)c1c(F)cccc1OC. The molecule has 1 aliphatic rings. The van der Waals surface area contributed by atoms with Gasteiger partial charge in [0.1, 0.15) is 18.2 Å². The van der Waals surface area contributed by atoms with Crippen molar-refractivity contribution < 1.29 is 28.6 Å². The molecule has 0 aliphatic heterocycles. The molecule has 1 unspecified atom stereocenters. The van der Waals surface area contributed by atoms with Crippen molar-refractivity contribution in [3.8, 4) is 16.9 Å². The van der Waals surface area contributed by atoms with Crippen molar-refractivity contribution in [1.29, 1.82) is 0 Å². The van der Waals surface area contributed by atoms with Gasteiger partial charge in [0.25, 0.3) is 0 Å². The number of carboxylic acids is 1. The van der Waals surface area contributed by atoms with Crippen LogP contribution in [0.1, 0.15) is 42.9 Å². The lowest BCUT2D eigenvalue weighted by Crippen LogP contribution is -2.54. The summed E-state index contributed by atoms with van der Waals surface area (Å²) in [4.78, 5) is 27.1. The number of hydrogen-bond donors (Lipinski definition) is 1. The molecule has 35 heavy (non-hydrogen) atoms. The topological polar surface area (TPSA) is 76.1 Å². The molecule has 0 aromatic heterocycles. The minimum atomic E-state index is -2.05. The van der Waals surface area contributed by atoms with Crippen LogP contribution in [0, 0.1) is 5.82 Å². The monoisotopic (exact) mass is 477 g/mol. The Kier molecular flexibility index (Phi) is 6.78. The zero-order chi connectivity index (χ0) is 25.2. The van der Waals surface area contributed by atoms with Gasteiger partial charge in [-0.3, -0.25) is 4.90 Å². The smallest absolute Gasteiger partial charge is 0.411 e. The molecule has 3 aromatic rings. The normalized spacial score (nSPS) is 13.9. The Morgan fingerprint density at radius 1 is 1.00 bits per heavy atom. The third-order valence-corrected chi connectivity index (χ3v) is 6.64. The van der Waals surface area contributed by atoms with Crippen LogP contribution in [0.4, 0.5) is 9.18 Å². The van der Waals surface area contributed by atoms with E-state index in [0.29, 0.717) is 6.42 Å². The first-order valence-corrected chi connectivity index (χ1v) is 11.5. The number of fused-ring (bicyclic) bond motifs is 3. The van der Waals surface area contributed by atoms with Crippen LogP contribution in [-0.4, -0.2) is 42.3 Å². The van der Waals surface area contributed by atoms with E-state index in [1.807, 2.05) is 55.5 Å². The van der Waals surface area contributed by atoms with E-state index >= 15 is 0 Å². The van der Waals surface area contributed by atoms with E-state index in [1.54, 1.807) is 0 Å². The number of ether oxygens (including phenoxy) is 2. The Morgan fingerprint density at radius 2 is 1.60 bits per heavy atom. The van der Waals surface area contributed by atoms with Crippen LogP contribution in [-0.2, 0) is 15.1 Å². The van der Waals surface area contributed by atoms with Crippen LogP contribution >= 0.6 is 0 Å². The maximum Gasteiger partial charge on any atom is 0.411 e. The molecule has 6 nitrogen and oxygen atoms in total.